The van der Waals surface area contributed by atoms with Crippen molar-refractivity contribution in [1.82, 2.24) is 14.9 Å². The van der Waals surface area contributed by atoms with Crippen LogP contribution in [0.5, 0.6) is 0 Å². The number of halogens is 3. The molecule has 2 fully saturated rings. The molecule has 2 aromatic rings. The van der Waals surface area contributed by atoms with Gasteiger partial charge in [-0.1, -0.05) is 19.1 Å². The number of piperidine rings is 1. The van der Waals surface area contributed by atoms with Crippen LogP contribution in [-0.2, 0) is 30.4 Å². The summed E-state index contributed by atoms with van der Waals surface area (Å²) in [4.78, 5) is 17.0. The number of fused-ring (bicyclic) bond motifs is 1. The summed E-state index contributed by atoms with van der Waals surface area (Å²) in [5.74, 6) is 2.58. The molecule has 4 heterocycles. The van der Waals surface area contributed by atoms with Gasteiger partial charge in [-0.25, -0.2) is 4.98 Å². The van der Waals surface area contributed by atoms with Crippen LogP contribution in [0.15, 0.2) is 24.3 Å². The number of ether oxygens (including phenoxy) is 1. The minimum atomic E-state index is -4.31. The van der Waals surface area contributed by atoms with E-state index in [1.807, 2.05) is 0 Å². The molecule has 3 aliphatic rings. The van der Waals surface area contributed by atoms with E-state index in [1.165, 1.54) is 12.1 Å². The molecule has 0 bridgehead atoms. The number of hydrogen-bond acceptors (Lipinski definition) is 6. The molecule has 3 aliphatic heterocycles. The van der Waals surface area contributed by atoms with Gasteiger partial charge in [0.25, 0.3) is 0 Å². The fourth-order valence-corrected chi connectivity index (χ4v) is 5.02. The Morgan fingerprint density at radius 1 is 0.941 bits per heavy atom. The van der Waals surface area contributed by atoms with Crippen molar-refractivity contribution in [3.05, 3.63) is 46.6 Å². The Morgan fingerprint density at radius 3 is 2.32 bits per heavy atom. The topological polar surface area (TPSA) is 44.7 Å². The molecular formula is C25H32F3N5O. The summed E-state index contributed by atoms with van der Waals surface area (Å²) in [7, 11) is 0. The third kappa shape index (κ3) is 5.15. The fourth-order valence-electron chi connectivity index (χ4n) is 5.02. The van der Waals surface area contributed by atoms with Gasteiger partial charge in [0.2, 0.25) is 5.95 Å². The summed E-state index contributed by atoms with van der Waals surface area (Å²) in [6.45, 7) is 9.38. The van der Waals surface area contributed by atoms with E-state index < -0.39 is 11.7 Å². The molecule has 0 radical (unpaired) electrons. The van der Waals surface area contributed by atoms with Gasteiger partial charge in [0, 0.05) is 57.8 Å². The Balaban J connectivity index is 1.38. The molecule has 184 valence electrons. The first-order valence-corrected chi connectivity index (χ1v) is 12.2. The number of nitrogens with zero attached hydrogens (tertiary/aromatic N) is 5. The van der Waals surface area contributed by atoms with Crippen LogP contribution in [0.25, 0.3) is 0 Å². The van der Waals surface area contributed by atoms with Crippen molar-refractivity contribution in [2.45, 2.75) is 45.5 Å². The van der Waals surface area contributed by atoms with Crippen LogP contribution >= 0.6 is 0 Å². The van der Waals surface area contributed by atoms with Crippen LogP contribution in [0.1, 0.15) is 42.1 Å². The predicted octanol–water partition coefficient (Wildman–Crippen LogP) is 4.13. The van der Waals surface area contributed by atoms with Crippen molar-refractivity contribution in [2.24, 2.45) is 5.92 Å². The summed E-state index contributed by atoms with van der Waals surface area (Å²) < 4.78 is 44.3. The second-order valence-electron chi connectivity index (χ2n) is 9.70. The molecule has 1 aromatic carbocycles. The molecule has 5 rings (SSSR count). The molecule has 0 unspecified atom stereocenters. The Hall–Kier alpha value is -2.39. The zero-order chi connectivity index (χ0) is 23.7. The van der Waals surface area contributed by atoms with Crippen molar-refractivity contribution in [3.8, 4) is 0 Å². The van der Waals surface area contributed by atoms with Gasteiger partial charge in [-0.3, -0.25) is 4.90 Å². The lowest BCUT2D eigenvalue weighted by molar-refractivity contribution is -0.137. The second-order valence-corrected chi connectivity index (χ2v) is 9.70. The van der Waals surface area contributed by atoms with Crippen LogP contribution in [0, 0.1) is 5.92 Å². The summed E-state index contributed by atoms with van der Waals surface area (Å²) in [6, 6.07) is 5.50. The lowest BCUT2D eigenvalue weighted by atomic mass is 9.99. The van der Waals surface area contributed by atoms with E-state index in [0.717, 1.165) is 86.5 Å². The average Bonchev–Trinajstić information content (AvgIpc) is 2.84. The molecule has 0 N–H and O–H groups in total. The predicted molar refractivity (Wildman–Crippen MR) is 125 cm³/mol. The van der Waals surface area contributed by atoms with Crippen LogP contribution in [0.4, 0.5) is 24.9 Å². The summed E-state index contributed by atoms with van der Waals surface area (Å²) in [5.41, 5.74) is 2.52. The van der Waals surface area contributed by atoms with Crippen LogP contribution in [-0.4, -0.2) is 60.8 Å². The average molecular weight is 476 g/mol. The lowest BCUT2D eigenvalue weighted by Crippen LogP contribution is -2.41. The third-order valence-corrected chi connectivity index (χ3v) is 7.17. The number of rotatable bonds is 4. The highest BCUT2D eigenvalue weighted by Gasteiger charge is 2.31. The molecule has 34 heavy (non-hydrogen) atoms. The largest absolute Gasteiger partial charge is 0.416 e. The van der Waals surface area contributed by atoms with Crippen molar-refractivity contribution in [3.63, 3.8) is 0 Å². The highest BCUT2D eigenvalue weighted by molar-refractivity contribution is 5.54. The van der Waals surface area contributed by atoms with Gasteiger partial charge in [-0.15, -0.1) is 0 Å². The van der Waals surface area contributed by atoms with E-state index in [0.29, 0.717) is 26.3 Å². The maximum atomic E-state index is 12.9. The van der Waals surface area contributed by atoms with Gasteiger partial charge in [0.05, 0.1) is 24.5 Å². The summed E-state index contributed by atoms with van der Waals surface area (Å²) in [6.07, 6.45) is -1.17. The van der Waals surface area contributed by atoms with Crippen molar-refractivity contribution >= 4 is 11.8 Å². The van der Waals surface area contributed by atoms with Gasteiger partial charge in [0.15, 0.2) is 0 Å². The second kappa shape index (κ2) is 9.70. The number of morpholine rings is 1. The number of aromatic nitrogens is 2. The Labute approximate surface area is 198 Å². The first-order valence-electron chi connectivity index (χ1n) is 12.2. The van der Waals surface area contributed by atoms with Crippen molar-refractivity contribution in [1.29, 1.82) is 0 Å². The first kappa shape index (κ1) is 23.4. The molecule has 0 atom stereocenters. The highest BCUT2D eigenvalue weighted by atomic mass is 19.4. The maximum absolute atomic E-state index is 12.9. The monoisotopic (exact) mass is 475 g/mol. The highest BCUT2D eigenvalue weighted by Crippen LogP contribution is 2.32. The fraction of sp³-hybridized carbons (Fsp3) is 0.600. The Bertz CT molecular complexity index is 983. The molecule has 0 saturated carbocycles. The van der Waals surface area contributed by atoms with Gasteiger partial charge in [-0.05, 0) is 36.5 Å². The van der Waals surface area contributed by atoms with E-state index in [1.54, 1.807) is 12.1 Å². The first-order chi connectivity index (χ1) is 16.4. The SMILES string of the molecule is CC1CCN(c2nc3c(c(N4CCOCC4)n2)CN(Cc2ccc(C(F)(F)F)cc2)CC3)CC1. The van der Waals surface area contributed by atoms with Crippen molar-refractivity contribution in [2.75, 3.05) is 55.7 Å². The minimum Gasteiger partial charge on any atom is -0.378 e. The molecule has 0 spiro atoms. The molecule has 2 saturated heterocycles. The smallest absolute Gasteiger partial charge is 0.378 e. The van der Waals surface area contributed by atoms with E-state index in [4.69, 9.17) is 14.7 Å². The summed E-state index contributed by atoms with van der Waals surface area (Å²) in [5, 5.41) is 0. The molecule has 9 heteroatoms. The van der Waals surface area contributed by atoms with Crippen LogP contribution in [0.2, 0.25) is 0 Å². The minimum absolute atomic E-state index is 0.603. The van der Waals surface area contributed by atoms with Crippen molar-refractivity contribution < 1.29 is 17.9 Å². The van der Waals surface area contributed by atoms with Gasteiger partial charge >= 0.3 is 6.18 Å². The number of benzene rings is 1. The third-order valence-electron chi connectivity index (χ3n) is 7.17. The maximum Gasteiger partial charge on any atom is 0.416 e. The molecule has 0 aliphatic carbocycles. The van der Waals surface area contributed by atoms with Gasteiger partial charge in [0.1, 0.15) is 5.82 Å². The Morgan fingerprint density at radius 2 is 1.65 bits per heavy atom. The van der Waals surface area contributed by atoms with Gasteiger partial charge in [-0.2, -0.15) is 18.2 Å². The summed E-state index contributed by atoms with van der Waals surface area (Å²) >= 11 is 0. The van der Waals surface area contributed by atoms with E-state index >= 15 is 0 Å². The molecule has 6 nitrogen and oxygen atoms in total. The number of anilines is 2. The quantitative estimate of drug-likeness (QED) is 0.663. The normalized spacial score (nSPS) is 20.5. The molecule has 0 amide bonds. The van der Waals surface area contributed by atoms with E-state index in [9.17, 15) is 13.2 Å². The molecule has 1 aromatic heterocycles. The van der Waals surface area contributed by atoms with Crippen LogP contribution < -0.4 is 9.80 Å². The zero-order valence-corrected chi connectivity index (χ0v) is 19.7. The lowest BCUT2D eigenvalue weighted by Gasteiger charge is -2.36. The van der Waals surface area contributed by atoms with Gasteiger partial charge < -0.3 is 14.5 Å². The standard InChI is InChI=1S/C25H32F3N5O/c1-18-6-10-33(11-7-18)24-29-22-8-9-31(16-19-2-4-20(5-3-19)25(26,27)28)17-21(22)23(30-24)32-12-14-34-15-13-32/h2-5,18H,6-17H2,1H3. The zero-order valence-electron chi connectivity index (χ0n) is 19.7. The van der Waals surface area contributed by atoms with E-state index in [2.05, 4.69) is 21.6 Å². The number of alkyl halides is 3. The number of hydrogen-bond donors (Lipinski definition) is 0. The molecular weight excluding hydrogens is 443 g/mol. The van der Waals surface area contributed by atoms with Crippen LogP contribution in [0.3, 0.4) is 0 Å². The van der Waals surface area contributed by atoms with E-state index in [-0.39, 0.29) is 0 Å². The Kier molecular flexibility index (Phi) is 6.66.